The molecule has 0 bridgehead atoms. The third kappa shape index (κ3) is 3.93. The molecule has 7 heteroatoms. The van der Waals surface area contributed by atoms with Crippen molar-refractivity contribution in [1.82, 2.24) is 14.8 Å². The molecular weight excluding hydrogens is 360 g/mol. The molecule has 27 heavy (non-hydrogen) atoms. The first-order chi connectivity index (χ1) is 13.0. The number of hydrogen-bond donors (Lipinski definition) is 1. The molecule has 1 fully saturated rings. The number of rotatable bonds is 6. The summed E-state index contributed by atoms with van der Waals surface area (Å²) in [5.74, 6) is 1.79. The lowest BCUT2D eigenvalue weighted by atomic mass is 10.0. The zero-order valence-corrected chi connectivity index (χ0v) is 16.5. The van der Waals surface area contributed by atoms with Gasteiger partial charge in [-0.3, -0.25) is 9.59 Å². The number of Topliss-reactive ketones (excluding diaryl/α,β-unsaturated/α-hetero) is 1. The summed E-state index contributed by atoms with van der Waals surface area (Å²) in [7, 11) is 0. The second-order valence-corrected chi connectivity index (χ2v) is 8.52. The summed E-state index contributed by atoms with van der Waals surface area (Å²) in [6, 6.07) is 6.07. The van der Waals surface area contributed by atoms with Gasteiger partial charge in [-0.25, -0.2) is 0 Å². The summed E-state index contributed by atoms with van der Waals surface area (Å²) in [5, 5.41) is 12.4. The number of benzene rings is 1. The molecule has 0 spiro atoms. The number of aryl methyl sites for hydroxylation is 1. The van der Waals surface area contributed by atoms with Crippen LogP contribution in [0.3, 0.4) is 0 Å². The van der Waals surface area contributed by atoms with Crippen molar-refractivity contribution in [2.45, 2.75) is 63.1 Å². The van der Waals surface area contributed by atoms with Gasteiger partial charge in [0, 0.05) is 29.6 Å². The van der Waals surface area contributed by atoms with Crippen LogP contribution in [0.5, 0.6) is 0 Å². The van der Waals surface area contributed by atoms with Gasteiger partial charge in [-0.05, 0) is 49.4 Å². The minimum atomic E-state index is 0.0451. The van der Waals surface area contributed by atoms with E-state index in [0.717, 1.165) is 47.9 Å². The van der Waals surface area contributed by atoms with E-state index >= 15 is 0 Å². The van der Waals surface area contributed by atoms with Gasteiger partial charge in [-0.2, -0.15) is 0 Å². The number of anilines is 1. The number of amides is 1. The van der Waals surface area contributed by atoms with E-state index < -0.39 is 0 Å². The number of ketones is 1. The average Bonchev–Trinajstić information content (AvgIpc) is 3.42. The van der Waals surface area contributed by atoms with Crippen molar-refractivity contribution in [2.75, 3.05) is 11.1 Å². The maximum absolute atomic E-state index is 12.7. The highest BCUT2D eigenvalue weighted by atomic mass is 32.2. The molecule has 0 saturated heterocycles. The van der Waals surface area contributed by atoms with E-state index in [-0.39, 0.29) is 11.7 Å². The van der Waals surface area contributed by atoms with E-state index in [1.165, 1.54) is 11.8 Å². The fraction of sp³-hybridized carbons (Fsp3) is 0.500. The average molecular weight is 385 g/mol. The quantitative estimate of drug-likeness (QED) is 0.602. The minimum absolute atomic E-state index is 0.0451. The van der Waals surface area contributed by atoms with Crippen molar-refractivity contribution in [3.8, 4) is 0 Å². The molecule has 0 unspecified atom stereocenters. The standard InChI is InChI=1S/C20H24N4O2S/c1-12(2)19-22-23-20(24(19)15-7-8-15)27-11-17(25)14-6-9-16-13(10-14)4-3-5-18(26)21-16/h6,9-10,12,15H,3-5,7-8,11H2,1-2H3,(H,21,26). The molecule has 0 atom stereocenters. The number of nitrogens with zero attached hydrogens (tertiary/aromatic N) is 3. The van der Waals surface area contributed by atoms with E-state index in [2.05, 4.69) is 33.9 Å². The molecule has 2 aromatic rings. The van der Waals surface area contributed by atoms with Gasteiger partial charge in [0.05, 0.1) is 5.75 Å². The second kappa shape index (κ2) is 7.46. The predicted molar refractivity (Wildman–Crippen MR) is 105 cm³/mol. The van der Waals surface area contributed by atoms with Crippen LogP contribution in [0.15, 0.2) is 23.4 Å². The largest absolute Gasteiger partial charge is 0.326 e. The Morgan fingerprint density at radius 1 is 1.30 bits per heavy atom. The maximum Gasteiger partial charge on any atom is 0.224 e. The molecule has 0 radical (unpaired) electrons. The SMILES string of the molecule is CC(C)c1nnc(SCC(=O)c2ccc3c(c2)CCCC(=O)N3)n1C1CC1. The third-order valence-corrected chi connectivity index (χ3v) is 5.95. The first kappa shape index (κ1) is 18.2. The molecule has 1 saturated carbocycles. The van der Waals surface area contributed by atoms with Crippen LogP contribution in [0.2, 0.25) is 0 Å². The summed E-state index contributed by atoms with van der Waals surface area (Å²) in [4.78, 5) is 24.4. The fourth-order valence-corrected chi connectivity index (χ4v) is 4.32. The molecule has 2 aliphatic rings. The van der Waals surface area contributed by atoms with E-state index in [1.807, 2.05) is 12.1 Å². The van der Waals surface area contributed by atoms with E-state index in [4.69, 9.17) is 0 Å². The smallest absolute Gasteiger partial charge is 0.224 e. The molecule has 1 N–H and O–H groups in total. The molecule has 4 rings (SSSR count). The first-order valence-electron chi connectivity index (χ1n) is 9.56. The number of aromatic nitrogens is 3. The zero-order chi connectivity index (χ0) is 19.0. The Kier molecular flexibility index (Phi) is 5.04. The Morgan fingerprint density at radius 3 is 2.85 bits per heavy atom. The summed E-state index contributed by atoms with van der Waals surface area (Å²) >= 11 is 1.47. The van der Waals surface area contributed by atoms with Crippen LogP contribution in [0.25, 0.3) is 0 Å². The highest BCUT2D eigenvalue weighted by Gasteiger charge is 2.30. The Labute approximate surface area is 163 Å². The number of nitrogens with one attached hydrogen (secondary N) is 1. The molecule has 1 aromatic carbocycles. The van der Waals surface area contributed by atoms with Crippen molar-refractivity contribution >= 4 is 29.1 Å². The molecule has 142 valence electrons. The molecule has 1 amide bonds. The minimum Gasteiger partial charge on any atom is -0.326 e. The number of thioether (sulfide) groups is 1. The van der Waals surface area contributed by atoms with Crippen molar-refractivity contribution in [1.29, 1.82) is 0 Å². The molecule has 1 aliphatic heterocycles. The number of fused-ring (bicyclic) bond motifs is 1. The summed E-state index contributed by atoms with van der Waals surface area (Å²) in [6.45, 7) is 4.24. The van der Waals surface area contributed by atoms with Gasteiger partial charge in [0.15, 0.2) is 10.9 Å². The maximum atomic E-state index is 12.7. The van der Waals surface area contributed by atoms with Crippen molar-refractivity contribution < 1.29 is 9.59 Å². The topological polar surface area (TPSA) is 76.9 Å². The summed E-state index contributed by atoms with van der Waals surface area (Å²) in [6.07, 6.45) is 4.48. The highest BCUT2D eigenvalue weighted by molar-refractivity contribution is 7.99. The van der Waals surface area contributed by atoms with E-state index in [9.17, 15) is 9.59 Å². The van der Waals surface area contributed by atoms with Crippen LogP contribution >= 0.6 is 11.8 Å². The zero-order valence-electron chi connectivity index (χ0n) is 15.7. The normalized spacial score (nSPS) is 16.8. The first-order valence-corrected chi connectivity index (χ1v) is 10.5. The van der Waals surface area contributed by atoms with Gasteiger partial charge in [0.25, 0.3) is 0 Å². The van der Waals surface area contributed by atoms with Gasteiger partial charge < -0.3 is 9.88 Å². The van der Waals surface area contributed by atoms with Gasteiger partial charge in [-0.1, -0.05) is 25.6 Å². The van der Waals surface area contributed by atoms with Gasteiger partial charge in [0.2, 0.25) is 5.91 Å². The van der Waals surface area contributed by atoms with Crippen LogP contribution in [0, 0.1) is 0 Å². The lowest BCUT2D eigenvalue weighted by Crippen LogP contribution is -2.10. The van der Waals surface area contributed by atoms with Gasteiger partial charge in [0.1, 0.15) is 5.82 Å². The number of carbonyl (C=O) groups excluding carboxylic acids is 2. The van der Waals surface area contributed by atoms with Crippen LogP contribution in [-0.4, -0.2) is 32.2 Å². The second-order valence-electron chi connectivity index (χ2n) is 7.58. The van der Waals surface area contributed by atoms with Crippen LogP contribution < -0.4 is 5.32 Å². The van der Waals surface area contributed by atoms with Crippen molar-refractivity contribution in [3.05, 3.63) is 35.2 Å². The Balaban J connectivity index is 1.47. The Morgan fingerprint density at radius 2 is 2.11 bits per heavy atom. The molecule has 6 nitrogen and oxygen atoms in total. The summed E-state index contributed by atoms with van der Waals surface area (Å²) < 4.78 is 2.22. The van der Waals surface area contributed by atoms with E-state index in [0.29, 0.717) is 29.7 Å². The van der Waals surface area contributed by atoms with Crippen LogP contribution in [-0.2, 0) is 11.2 Å². The fourth-order valence-electron chi connectivity index (χ4n) is 3.42. The summed E-state index contributed by atoms with van der Waals surface area (Å²) in [5.41, 5.74) is 2.57. The van der Waals surface area contributed by atoms with Gasteiger partial charge in [-0.15, -0.1) is 10.2 Å². The molecule has 1 aliphatic carbocycles. The van der Waals surface area contributed by atoms with Crippen molar-refractivity contribution in [2.24, 2.45) is 0 Å². The number of hydrogen-bond acceptors (Lipinski definition) is 5. The highest BCUT2D eigenvalue weighted by Crippen LogP contribution is 2.40. The van der Waals surface area contributed by atoms with Gasteiger partial charge >= 0.3 is 0 Å². The third-order valence-electron chi connectivity index (χ3n) is 5.00. The predicted octanol–water partition coefficient (Wildman–Crippen LogP) is 3.99. The lowest BCUT2D eigenvalue weighted by molar-refractivity contribution is -0.116. The molecule has 1 aromatic heterocycles. The Hall–Kier alpha value is -2.15. The van der Waals surface area contributed by atoms with Crippen molar-refractivity contribution in [3.63, 3.8) is 0 Å². The monoisotopic (exact) mass is 384 g/mol. The number of carbonyl (C=O) groups is 2. The van der Waals surface area contributed by atoms with Crippen LogP contribution in [0.4, 0.5) is 5.69 Å². The van der Waals surface area contributed by atoms with E-state index in [1.54, 1.807) is 6.07 Å². The molecular formula is C20H24N4O2S. The lowest BCUT2D eigenvalue weighted by Gasteiger charge is -2.11. The van der Waals surface area contributed by atoms with Crippen LogP contribution in [0.1, 0.15) is 73.2 Å². The Bertz CT molecular complexity index is 886. The molecule has 2 heterocycles.